The van der Waals surface area contributed by atoms with E-state index in [1.807, 2.05) is 24.3 Å². The van der Waals surface area contributed by atoms with Crippen LogP contribution in [-0.2, 0) is 21.0 Å². The number of fused-ring (bicyclic) bond motifs is 1. The van der Waals surface area contributed by atoms with Crippen molar-refractivity contribution in [3.05, 3.63) is 64.7 Å². The second-order valence-electron chi connectivity index (χ2n) is 6.87. The molecule has 0 fully saturated rings. The van der Waals surface area contributed by atoms with Crippen LogP contribution < -0.4 is 4.90 Å². The molecule has 7 heteroatoms. The minimum absolute atomic E-state index is 0.0872. The SMILES string of the molecule is CC(C)(CCl)C(=O)O/N=C1\C(=O)N(Cc2ccc(Cl)cc2)c2ccccc21. The van der Waals surface area contributed by atoms with Gasteiger partial charge in [0.05, 0.1) is 17.6 Å². The van der Waals surface area contributed by atoms with Crippen molar-refractivity contribution in [1.29, 1.82) is 0 Å². The monoisotopic (exact) mass is 404 g/mol. The highest BCUT2D eigenvalue weighted by Gasteiger charge is 2.35. The highest BCUT2D eigenvalue weighted by molar-refractivity contribution is 6.54. The number of alkyl halides is 1. The minimum atomic E-state index is -0.893. The molecule has 0 saturated heterocycles. The molecular formula is C20H18Cl2N2O3. The van der Waals surface area contributed by atoms with Gasteiger partial charge in [0.25, 0.3) is 5.91 Å². The standard InChI is InChI=1S/C20H18Cl2N2O3/c1-20(2,12-21)19(26)27-23-17-15-5-3-4-6-16(15)24(18(17)25)11-13-7-9-14(22)10-8-13/h3-10H,11-12H2,1-2H3/b23-17-. The second-order valence-corrected chi connectivity index (χ2v) is 7.57. The summed E-state index contributed by atoms with van der Waals surface area (Å²) in [5.41, 5.74) is 1.45. The molecule has 5 nitrogen and oxygen atoms in total. The van der Waals surface area contributed by atoms with Crippen molar-refractivity contribution in [1.82, 2.24) is 0 Å². The summed E-state index contributed by atoms with van der Waals surface area (Å²) >= 11 is 11.7. The topological polar surface area (TPSA) is 59.0 Å². The predicted octanol–water partition coefficient (Wildman–Crippen LogP) is 4.40. The van der Waals surface area contributed by atoms with Crippen molar-refractivity contribution in [2.75, 3.05) is 10.8 Å². The third kappa shape index (κ3) is 3.99. The Labute approximate surface area is 167 Å². The van der Waals surface area contributed by atoms with Crippen LogP contribution in [0.25, 0.3) is 0 Å². The number of benzene rings is 2. The number of halogens is 2. The number of oxime groups is 1. The Morgan fingerprint density at radius 2 is 1.81 bits per heavy atom. The van der Waals surface area contributed by atoms with Gasteiger partial charge in [-0.05, 0) is 37.6 Å². The molecule has 1 aliphatic rings. The van der Waals surface area contributed by atoms with Gasteiger partial charge in [0, 0.05) is 16.5 Å². The molecule has 0 radical (unpaired) electrons. The molecule has 27 heavy (non-hydrogen) atoms. The first-order valence-corrected chi connectivity index (χ1v) is 9.26. The van der Waals surface area contributed by atoms with Crippen molar-refractivity contribution in [2.24, 2.45) is 10.6 Å². The average Bonchev–Trinajstić information content (AvgIpc) is 2.93. The molecule has 2 aromatic carbocycles. The van der Waals surface area contributed by atoms with E-state index in [1.165, 1.54) is 0 Å². The zero-order valence-corrected chi connectivity index (χ0v) is 16.4. The number of carbonyl (C=O) groups excluding carboxylic acids is 2. The highest BCUT2D eigenvalue weighted by atomic mass is 35.5. The molecule has 1 aliphatic heterocycles. The van der Waals surface area contributed by atoms with Crippen molar-refractivity contribution >= 4 is 46.5 Å². The molecule has 0 unspecified atom stereocenters. The van der Waals surface area contributed by atoms with Crippen LogP contribution in [0.15, 0.2) is 53.7 Å². The summed E-state index contributed by atoms with van der Waals surface area (Å²) in [6.07, 6.45) is 0. The lowest BCUT2D eigenvalue weighted by molar-refractivity contribution is -0.152. The third-order valence-corrected chi connectivity index (χ3v) is 5.18. The lowest BCUT2D eigenvalue weighted by atomic mass is 9.97. The fraction of sp³-hybridized carbons (Fsp3) is 0.250. The van der Waals surface area contributed by atoms with Gasteiger partial charge in [-0.15, -0.1) is 11.6 Å². The number of para-hydroxylation sites is 1. The van der Waals surface area contributed by atoms with Crippen molar-refractivity contribution in [3.63, 3.8) is 0 Å². The normalized spacial score (nSPS) is 15.2. The Bertz CT molecular complexity index is 908. The summed E-state index contributed by atoms with van der Waals surface area (Å²) in [4.78, 5) is 31.7. The first kappa shape index (κ1) is 19.4. The van der Waals surface area contributed by atoms with Crippen molar-refractivity contribution in [2.45, 2.75) is 20.4 Å². The van der Waals surface area contributed by atoms with E-state index in [1.54, 1.807) is 43.0 Å². The van der Waals surface area contributed by atoms with Gasteiger partial charge in [0.1, 0.15) is 0 Å². The van der Waals surface area contributed by atoms with Gasteiger partial charge in [-0.1, -0.05) is 47.1 Å². The summed E-state index contributed by atoms with van der Waals surface area (Å²) in [5, 5.41) is 4.49. The van der Waals surface area contributed by atoms with E-state index < -0.39 is 11.4 Å². The number of nitrogens with zero attached hydrogens (tertiary/aromatic N) is 2. The maximum atomic E-state index is 12.9. The Morgan fingerprint density at radius 1 is 1.15 bits per heavy atom. The Balaban J connectivity index is 1.89. The smallest absolute Gasteiger partial charge is 0.317 e. The van der Waals surface area contributed by atoms with E-state index in [9.17, 15) is 9.59 Å². The predicted molar refractivity (Wildman–Crippen MR) is 106 cm³/mol. The van der Waals surface area contributed by atoms with Crippen LogP contribution in [-0.4, -0.2) is 23.5 Å². The maximum absolute atomic E-state index is 12.9. The summed E-state index contributed by atoms with van der Waals surface area (Å²) in [5.74, 6) is -0.835. The third-order valence-electron chi connectivity index (χ3n) is 4.26. The summed E-state index contributed by atoms with van der Waals surface area (Å²) < 4.78 is 0. The van der Waals surface area contributed by atoms with Crippen LogP contribution >= 0.6 is 23.2 Å². The Hall–Kier alpha value is -2.37. The number of amides is 1. The molecule has 140 valence electrons. The van der Waals surface area contributed by atoms with Gasteiger partial charge in [0.2, 0.25) is 0 Å². The lowest BCUT2D eigenvalue weighted by Gasteiger charge is -2.17. The molecule has 0 saturated carbocycles. The quantitative estimate of drug-likeness (QED) is 0.421. The molecule has 0 spiro atoms. The van der Waals surface area contributed by atoms with E-state index in [4.69, 9.17) is 28.0 Å². The van der Waals surface area contributed by atoms with Crippen LogP contribution in [0.4, 0.5) is 5.69 Å². The molecule has 0 aliphatic carbocycles. The summed E-state index contributed by atoms with van der Waals surface area (Å²) in [7, 11) is 0. The van der Waals surface area contributed by atoms with Gasteiger partial charge >= 0.3 is 5.97 Å². The summed E-state index contributed by atoms with van der Waals surface area (Å²) in [6, 6.07) is 14.5. The fourth-order valence-electron chi connectivity index (χ4n) is 2.54. The van der Waals surface area contributed by atoms with Crippen LogP contribution in [0.1, 0.15) is 25.0 Å². The van der Waals surface area contributed by atoms with Gasteiger partial charge in [-0.2, -0.15) is 0 Å². The number of hydrogen-bond acceptors (Lipinski definition) is 4. The van der Waals surface area contributed by atoms with E-state index in [-0.39, 0.29) is 17.5 Å². The van der Waals surface area contributed by atoms with Gasteiger partial charge in [0.15, 0.2) is 5.71 Å². The van der Waals surface area contributed by atoms with Crippen molar-refractivity contribution < 1.29 is 14.4 Å². The molecule has 3 rings (SSSR count). The highest BCUT2D eigenvalue weighted by Crippen LogP contribution is 2.31. The molecule has 0 N–H and O–H groups in total. The maximum Gasteiger partial charge on any atom is 0.341 e. The first-order valence-electron chi connectivity index (χ1n) is 8.34. The largest absolute Gasteiger partial charge is 0.341 e. The molecule has 0 aromatic heterocycles. The number of rotatable bonds is 5. The molecule has 0 atom stereocenters. The van der Waals surface area contributed by atoms with E-state index in [2.05, 4.69) is 5.16 Å². The Kier molecular flexibility index (Phi) is 5.53. The summed E-state index contributed by atoms with van der Waals surface area (Å²) in [6.45, 7) is 3.66. The average molecular weight is 405 g/mol. The fourth-order valence-corrected chi connectivity index (χ4v) is 2.78. The van der Waals surface area contributed by atoms with E-state index in [0.29, 0.717) is 22.8 Å². The van der Waals surface area contributed by atoms with Gasteiger partial charge in [-0.3, -0.25) is 4.79 Å². The van der Waals surface area contributed by atoms with Crippen molar-refractivity contribution in [3.8, 4) is 0 Å². The van der Waals surface area contributed by atoms with E-state index in [0.717, 1.165) is 5.56 Å². The van der Waals surface area contributed by atoms with Crippen LogP contribution in [0, 0.1) is 5.41 Å². The molecule has 0 bridgehead atoms. The van der Waals surface area contributed by atoms with Crippen LogP contribution in [0.3, 0.4) is 0 Å². The number of hydrogen-bond donors (Lipinski definition) is 0. The molecule has 2 aromatic rings. The zero-order chi connectivity index (χ0) is 19.6. The first-order chi connectivity index (χ1) is 12.8. The minimum Gasteiger partial charge on any atom is -0.317 e. The van der Waals surface area contributed by atoms with Crippen LogP contribution in [0.5, 0.6) is 0 Å². The Morgan fingerprint density at radius 3 is 2.48 bits per heavy atom. The van der Waals surface area contributed by atoms with Crippen LogP contribution in [0.2, 0.25) is 5.02 Å². The van der Waals surface area contributed by atoms with Gasteiger partial charge < -0.3 is 9.74 Å². The number of anilines is 1. The molecule has 1 heterocycles. The molecular weight excluding hydrogens is 387 g/mol. The zero-order valence-electron chi connectivity index (χ0n) is 14.9. The molecule has 1 amide bonds. The lowest BCUT2D eigenvalue weighted by Crippen LogP contribution is -2.31. The number of carbonyl (C=O) groups is 2. The second kappa shape index (κ2) is 7.71. The van der Waals surface area contributed by atoms with Gasteiger partial charge in [-0.25, -0.2) is 4.79 Å². The van der Waals surface area contributed by atoms with E-state index >= 15 is 0 Å².